The van der Waals surface area contributed by atoms with Crippen molar-refractivity contribution in [2.75, 3.05) is 30.8 Å². The second kappa shape index (κ2) is 7.75. The van der Waals surface area contributed by atoms with Crippen LogP contribution in [0.15, 0.2) is 24.3 Å². The molecular formula is C18H25N3O4S. The maximum absolute atomic E-state index is 12.4. The van der Waals surface area contributed by atoms with Crippen LogP contribution in [-0.2, 0) is 14.8 Å². The maximum atomic E-state index is 12.4. The van der Waals surface area contributed by atoms with Crippen molar-refractivity contribution in [1.29, 1.82) is 0 Å². The Morgan fingerprint density at radius 1 is 1.15 bits per heavy atom. The molecule has 0 unspecified atom stereocenters. The molecule has 2 aliphatic rings. The fraction of sp³-hybridized carbons (Fsp3) is 0.556. The predicted molar refractivity (Wildman–Crippen MR) is 99.6 cm³/mol. The van der Waals surface area contributed by atoms with Crippen LogP contribution in [0.1, 0.15) is 42.5 Å². The Hall–Kier alpha value is -1.93. The third kappa shape index (κ3) is 4.24. The SMILES string of the molecule is CS(=O)(=O)N1CCC[C@@H]1CNC(=O)c1ccc(N2CCCCC2=O)cc1. The van der Waals surface area contributed by atoms with Gasteiger partial charge < -0.3 is 10.2 Å². The van der Waals surface area contributed by atoms with Crippen LogP contribution in [0.5, 0.6) is 0 Å². The van der Waals surface area contributed by atoms with Crippen LogP contribution in [0.4, 0.5) is 5.69 Å². The van der Waals surface area contributed by atoms with Gasteiger partial charge in [-0.25, -0.2) is 8.42 Å². The minimum Gasteiger partial charge on any atom is -0.350 e. The molecular weight excluding hydrogens is 354 g/mol. The van der Waals surface area contributed by atoms with Gasteiger partial charge in [-0.05, 0) is 49.9 Å². The first-order chi connectivity index (χ1) is 12.4. The molecule has 26 heavy (non-hydrogen) atoms. The van der Waals surface area contributed by atoms with E-state index in [2.05, 4.69) is 5.32 Å². The Bertz CT molecular complexity index is 776. The van der Waals surface area contributed by atoms with E-state index in [-0.39, 0.29) is 17.9 Å². The summed E-state index contributed by atoms with van der Waals surface area (Å²) in [4.78, 5) is 26.1. The number of amides is 2. The van der Waals surface area contributed by atoms with E-state index in [1.165, 1.54) is 10.6 Å². The summed E-state index contributed by atoms with van der Waals surface area (Å²) in [5.74, 6) is -0.113. The van der Waals surface area contributed by atoms with E-state index in [0.29, 0.717) is 31.6 Å². The molecule has 1 aromatic carbocycles. The van der Waals surface area contributed by atoms with E-state index in [0.717, 1.165) is 31.4 Å². The van der Waals surface area contributed by atoms with Crippen molar-refractivity contribution in [3.8, 4) is 0 Å². The van der Waals surface area contributed by atoms with Gasteiger partial charge in [-0.1, -0.05) is 0 Å². The van der Waals surface area contributed by atoms with Gasteiger partial charge in [0, 0.05) is 43.3 Å². The number of nitrogens with one attached hydrogen (secondary N) is 1. The van der Waals surface area contributed by atoms with Gasteiger partial charge in [-0.3, -0.25) is 9.59 Å². The van der Waals surface area contributed by atoms with Gasteiger partial charge in [0.05, 0.1) is 6.26 Å². The van der Waals surface area contributed by atoms with Crippen LogP contribution in [0.3, 0.4) is 0 Å². The monoisotopic (exact) mass is 379 g/mol. The Balaban J connectivity index is 1.59. The Morgan fingerprint density at radius 3 is 2.54 bits per heavy atom. The molecule has 8 heteroatoms. The average molecular weight is 379 g/mol. The van der Waals surface area contributed by atoms with E-state index in [4.69, 9.17) is 0 Å². The number of hydrogen-bond acceptors (Lipinski definition) is 4. The van der Waals surface area contributed by atoms with Gasteiger partial charge in [0.15, 0.2) is 0 Å². The summed E-state index contributed by atoms with van der Waals surface area (Å²) in [7, 11) is -3.24. The van der Waals surface area contributed by atoms with Gasteiger partial charge in [0.2, 0.25) is 15.9 Å². The smallest absolute Gasteiger partial charge is 0.251 e. The zero-order chi connectivity index (χ0) is 18.7. The van der Waals surface area contributed by atoms with E-state index >= 15 is 0 Å². The highest BCUT2D eigenvalue weighted by molar-refractivity contribution is 7.88. The van der Waals surface area contributed by atoms with E-state index in [9.17, 15) is 18.0 Å². The summed E-state index contributed by atoms with van der Waals surface area (Å²) in [6, 6.07) is 6.80. The molecule has 0 aliphatic carbocycles. The molecule has 1 atom stereocenters. The Labute approximate surface area is 154 Å². The first-order valence-corrected chi connectivity index (χ1v) is 10.9. The molecule has 142 valence electrons. The average Bonchev–Trinajstić information content (AvgIpc) is 3.09. The molecule has 0 bridgehead atoms. The molecule has 1 aromatic rings. The van der Waals surface area contributed by atoms with Crippen molar-refractivity contribution in [2.45, 2.75) is 38.1 Å². The minimum atomic E-state index is -3.24. The summed E-state index contributed by atoms with van der Waals surface area (Å²) in [5, 5.41) is 2.83. The normalized spacial score (nSPS) is 21.8. The lowest BCUT2D eigenvalue weighted by atomic mass is 10.1. The van der Waals surface area contributed by atoms with E-state index in [1.807, 2.05) is 0 Å². The van der Waals surface area contributed by atoms with Crippen LogP contribution < -0.4 is 10.2 Å². The van der Waals surface area contributed by atoms with Crippen molar-refractivity contribution in [3.63, 3.8) is 0 Å². The van der Waals surface area contributed by atoms with Crippen LogP contribution in [-0.4, -0.2) is 56.5 Å². The lowest BCUT2D eigenvalue weighted by Gasteiger charge is -2.26. The number of anilines is 1. The topological polar surface area (TPSA) is 86.8 Å². The number of carbonyl (C=O) groups is 2. The quantitative estimate of drug-likeness (QED) is 0.837. The minimum absolute atomic E-state index is 0.121. The van der Waals surface area contributed by atoms with Crippen LogP contribution in [0.2, 0.25) is 0 Å². The molecule has 1 N–H and O–H groups in total. The Morgan fingerprint density at radius 2 is 1.88 bits per heavy atom. The molecule has 2 fully saturated rings. The molecule has 0 radical (unpaired) electrons. The van der Waals surface area contributed by atoms with Crippen molar-refractivity contribution < 1.29 is 18.0 Å². The lowest BCUT2D eigenvalue weighted by Crippen LogP contribution is -2.42. The summed E-state index contributed by atoms with van der Waals surface area (Å²) in [5.41, 5.74) is 1.31. The highest BCUT2D eigenvalue weighted by atomic mass is 32.2. The fourth-order valence-electron chi connectivity index (χ4n) is 3.63. The van der Waals surface area contributed by atoms with Gasteiger partial charge in [0.1, 0.15) is 0 Å². The number of carbonyl (C=O) groups excluding carboxylic acids is 2. The van der Waals surface area contributed by atoms with Crippen molar-refractivity contribution in [2.24, 2.45) is 0 Å². The van der Waals surface area contributed by atoms with E-state index < -0.39 is 10.0 Å². The number of benzene rings is 1. The molecule has 0 saturated carbocycles. The number of rotatable bonds is 5. The summed E-state index contributed by atoms with van der Waals surface area (Å²) < 4.78 is 25.0. The number of hydrogen-bond donors (Lipinski definition) is 1. The van der Waals surface area contributed by atoms with E-state index in [1.54, 1.807) is 29.2 Å². The molecule has 0 aromatic heterocycles. The lowest BCUT2D eigenvalue weighted by molar-refractivity contribution is -0.119. The fourth-order valence-corrected chi connectivity index (χ4v) is 4.82. The zero-order valence-corrected chi connectivity index (χ0v) is 15.8. The largest absolute Gasteiger partial charge is 0.350 e. The molecule has 3 rings (SSSR count). The summed E-state index contributed by atoms with van der Waals surface area (Å²) >= 11 is 0. The van der Waals surface area contributed by atoms with Crippen LogP contribution in [0, 0.1) is 0 Å². The number of nitrogens with zero attached hydrogens (tertiary/aromatic N) is 2. The van der Waals surface area contributed by atoms with Crippen molar-refractivity contribution >= 4 is 27.5 Å². The summed E-state index contributed by atoms with van der Waals surface area (Å²) in [6.45, 7) is 1.53. The zero-order valence-electron chi connectivity index (χ0n) is 15.0. The highest BCUT2D eigenvalue weighted by Gasteiger charge is 2.31. The molecule has 2 saturated heterocycles. The summed E-state index contributed by atoms with van der Waals surface area (Å²) in [6.07, 6.45) is 5.26. The number of piperidine rings is 1. The van der Waals surface area contributed by atoms with Gasteiger partial charge in [-0.15, -0.1) is 0 Å². The molecule has 2 heterocycles. The standard InChI is InChI=1S/C18H25N3O4S/c1-26(24,25)21-12-4-5-16(21)13-19-18(23)14-7-9-15(10-8-14)20-11-3-2-6-17(20)22/h7-10,16H,2-6,11-13H2,1H3,(H,19,23)/t16-/m1/s1. The predicted octanol–water partition coefficient (Wildman–Crippen LogP) is 1.36. The van der Waals surface area contributed by atoms with Gasteiger partial charge in [-0.2, -0.15) is 4.31 Å². The third-order valence-corrected chi connectivity index (χ3v) is 6.34. The first kappa shape index (κ1) is 18.8. The molecule has 2 amide bonds. The molecule has 2 aliphatic heterocycles. The molecule has 7 nitrogen and oxygen atoms in total. The highest BCUT2D eigenvalue weighted by Crippen LogP contribution is 2.22. The second-order valence-electron chi connectivity index (χ2n) is 6.93. The van der Waals surface area contributed by atoms with Crippen molar-refractivity contribution in [1.82, 2.24) is 9.62 Å². The third-order valence-electron chi connectivity index (χ3n) is 5.01. The van der Waals surface area contributed by atoms with Crippen LogP contribution >= 0.6 is 0 Å². The van der Waals surface area contributed by atoms with Crippen LogP contribution in [0.25, 0.3) is 0 Å². The first-order valence-electron chi connectivity index (χ1n) is 9.02. The Kier molecular flexibility index (Phi) is 5.62. The number of sulfonamides is 1. The molecule has 0 spiro atoms. The maximum Gasteiger partial charge on any atom is 0.251 e. The van der Waals surface area contributed by atoms with Gasteiger partial charge in [0.25, 0.3) is 5.91 Å². The van der Waals surface area contributed by atoms with Gasteiger partial charge >= 0.3 is 0 Å². The second-order valence-corrected chi connectivity index (χ2v) is 8.86. The van der Waals surface area contributed by atoms with Crippen molar-refractivity contribution in [3.05, 3.63) is 29.8 Å².